The van der Waals surface area contributed by atoms with Crippen LogP contribution in [0.4, 0.5) is 0 Å². The Balaban J connectivity index is 1.21. The number of hydrogen-bond donors (Lipinski definition) is 2. The smallest absolute Gasteiger partial charge is 0.243 e. The minimum Gasteiger partial charge on any atom is -0.310 e. The quantitative estimate of drug-likeness (QED) is 0.803. The van der Waals surface area contributed by atoms with Gasteiger partial charge in [0.25, 0.3) is 0 Å². The molecule has 2 N–H and O–H groups in total. The summed E-state index contributed by atoms with van der Waals surface area (Å²) in [6.07, 6.45) is 8.15. The van der Waals surface area contributed by atoms with Crippen LogP contribution >= 0.6 is 0 Å². The molecule has 2 heterocycles. The topological polar surface area (TPSA) is 61.4 Å². The largest absolute Gasteiger partial charge is 0.310 e. The number of rotatable bonds is 4. The SMILES string of the molecule is O=C1CCC(N2Cc3ccc(CN[C@@H]4CC5CCC4CC5)cc3C2)C(=O)N1. The average molecular weight is 367 g/mol. The summed E-state index contributed by atoms with van der Waals surface area (Å²) in [5.74, 6) is 1.56. The van der Waals surface area contributed by atoms with Gasteiger partial charge in [-0.2, -0.15) is 0 Å². The third kappa shape index (κ3) is 3.43. The van der Waals surface area contributed by atoms with Crippen molar-refractivity contribution in [3.05, 3.63) is 34.9 Å². The van der Waals surface area contributed by atoms with Crippen molar-refractivity contribution < 1.29 is 9.59 Å². The lowest BCUT2D eigenvalue weighted by atomic mass is 9.68. The van der Waals surface area contributed by atoms with Crippen LogP contribution in [0, 0.1) is 11.8 Å². The molecule has 0 spiro atoms. The van der Waals surface area contributed by atoms with Crippen LogP contribution in [0.25, 0.3) is 0 Å². The van der Waals surface area contributed by atoms with Gasteiger partial charge >= 0.3 is 0 Å². The number of amides is 2. The van der Waals surface area contributed by atoms with Gasteiger partial charge in [0.05, 0.1) is 6.04 Å². The fourth-order valence-electron chi connectivity index (χ4n) is 5.71. The van der Waals surface area contributed by atoms with Gasteiger partial charge in [-0.15, -0.1) is 0 Å². The molecule has 3 aliphatic carbocycles. The maximum atomic E-state index is 12.2. The molecular formula is C22H29N3O2. The molecule has 2 bridgehead atoms. The number of carbonyl (C=O) groups excluding carboxylic acids is 2. The number of fused-ring (bicyclic) bond motifs is 4. The Labute approximate surface area is 160 Å². The van der Waals surface area contributed by atoms with Gasteiger partial charge in [0, 0.05) is 32.1 Å². The summed E-state index contributed by atoms with van der Waals surface area (Å²) >= 11 is 0. The molecule has 2 aliphatic heterocycles. The first kappa shape index (κ1) is 17.4. The van der Waals surface area contributed by atoms with Crippen LogP contribution in [-0.2, 0) is 29.2 Å². The van der Waals surface area contributed by atoms with Gasteiger partial charge < -0.3 is 5.32 Å². The molecule has 27 heavy (non-hydrogen) atoms. The summed E-state index contributed by atoms with van der Waals surface area (Å²) in [5, 5.41) is 6.32. The van der Waals surface area contributed by atoms with Crippen molar-refractivity contribution in [1.82, 2.24) is 15.5 Å². The molecule has 0 radical (unpaired) electrons. The Kier molecular flexibility index (Phi) is 4.52. The Morgan fingerprint density at radius 1 is 1.04 bits per heavy atom. The molecule has 4 fully saturated rings. The van der Waals surface area contributed by atoms with Crippen LogP contribution in [0.5, 0.6) is 0 Å². The molecule has 0 aromatic heterocycles. The van der Waals surface area contributed by atoms with E-state index in [2.05, 4.69) is 33.7 Å². The fraction of sp³-hybridized carbons (Fsp3) is 0.636. The van der Waals surface area contributed by atoms with E-state index in [1.165, 1.54) is 48.8 Å². The first-order chi connectivity index (χ1) is 13.2. The molecule has 2 amide bonds. The molecule has 1 aromatic rings. The molecule has 3 saturated carbocycles. The third-order valence-electron chi connectivity index (χ3n) is 7.28. The lowest BCUT2D eigenvalue weighted by Crippen LogP contribution is -2.50. The standard InChI is InChI=1S/C22H29N3O2/c26-21-8-7-20(22(27)24-21)25-12-17-6-3-15(9-18(17)13-25)11-23-19-10-14-1-4-16(19)5-2-14/h3,6,9,14,16,19-20,23H,1-2,4-5,7-8,10-13H2,(H,24,26,27)/t14?,16?,19-,20?/m1/s1. The number of imide groups is 1. The Morgan fingerprint density at radius 2 is 1.85 bits per heavy atom. The van der Waals surface area contributed by atoms with Crippen LogP contribution < -0.4 is 10.6 Å². The molecule has 5 aliphatic rings. The second kappa shape index (κ2) is 7.02. The van der Waals surface area contributed by atoms with Crippen molar-refractivity contribution >= 4 is 11.8 Å². The molecular weight excluding hydrogens is 338 g/mol. The average Bonchev–Trinajstić information content (AvgIpc) is 3.10. The van der Waals surface area contributed by atoms with Gasteiger partial charge in [-0.1, -0.05) is 31.0 Å². The Bertz CT molecular complexity index is 754. The minimum absolute atomic E-state index is 0.131. The van der Waals surface area contributed by atoms with Crippen molar-refractivity contribution in [2.24, 2.45) is 11.8 Å². The van der Waals surface area contributed by atoms with Crippen molar-refractivity contribution in [2.45, 2.75) is 76.7 Å². The van der Waals surface area contributed by atoms with E-state index in [1.807, 2.05) is 0 Å². The zero-order valence-corrected chi connectivity index (χ0v) is 15.9. The molecule has 5 nitrogen and oxygen atoms in total. The van der Waals surface area contributed by atoms with Crippen LogP contribution in [-0.4, -0.2) is 28.8 Å². The molecule has 2 atom stereocenters. The van der Waals surface area contributed by atoms with Gasteiger partial charge in [0.1, 0.15) is 0 Å². The van der Waals surface area contributed by atoms with Gasteiger partial charge in [0.2, 0.25) is 11.8 Å². The third-order valence-corrected chi connectivity index (χ3v) is 7.28. The molecule has 1 aromatic carbocycles. The predicted molar refractivity (Wildman–Crippen MR) is 103 cm³/mol. The van der Waals surface area contributed by atoms with Gasteiger partial charge in [-0.3, -0.25) is 19.8 Å². The normalized spacial score (nSPS) is 33.2. The summed E-state index contributed by atoms with van der Waals surface area (Å²) in [5.41, 5.74) is 4.00. The lowest BCUT2D eigenvalue weighted by Gasteiger charge is -2.42. The van der Waals surface area contributed by atoms with E-state index in [1.54, 1.807) is 0 Å². The molecule has 6 rings (SSSR count). The predicted octanol–water partition coefficient (Wildman–Crippen LogP) is 2.48. The summed E-state index contributed by atoms with van der Waals surface area (Å²) in [6, 6.07) is 7.31. The van der Waals surface area contributed by atoms with Crippen molar-refractivity contribution in [3.8, 4) is 0 Å². The summed E-state index contributed by atoms with van der Waals surface area (Å²) in [6.45, 7) is 2.56. The Morgan fingerprint density at radius 3 is 2.59 bits per heavy atom. The number of carbonyl (C=O) groups is 2. The second-order valence-corrected chi connectivity index (χ2v) is 8.98. The van der Waals surface area contributed by atoms with E-state index < -0.39 is 0 Å². The van der Waals surface area contributed by atoms with Gasteiger partial charge in [-0.05, 0) is 54.2 Å². The number of piperidine rings is 1. The highest BCUT2D eigenvalue weighted by molar-refractivity contribution is 6.00. The summed E-state index contributed by atoms with van der Waals surface area (Å²) < 4.78 is 0. The maximum Gasteiger partial charge on any atom is 0.243 e. The highest BCUT2D eigenvalue weighted by Gasteiger charge is 2.36. The molecule has 1 unspecified atom stereocenters. The van der Waals surface area contributed by atoms with Crippen molar-refractivity contribution in [1.29, 1.82) is 0 Å². The maximum absolute atomic E-state index is 12.2. The highest BCUT2D eigenvalue weighted by Crippen LogP contribution is 2.41. The van der Waals surface area contributed by atoms with Crippen LogP contribution in [0.1, 0.15) is 61.6 Å². The van der Waals surface area contributed by atoms with E-state index in [0.717, 1.165) is 31.5 Å². The second-order valence-electron chi connectivity index (χ2n) is 8.98. The highest BCUT2D eigenvalue weighted by atomic mass is 16.2. The van der Waals surface area contributed by atoms with E-state index >= 15 is 0 Å². The Hall–Kier alpha value is -1.72. The van der Waals surface area contributed by atoms with E-state index in [0.29, 0.717) is 18.9 Å². The molecule has 5 heteroatoms. The number of nitrogens with zero attached hydrogens (tertiary/aromatic N) is 1. The zero-order valence-electron chi connectivity index (χ0n) is 15.9. The zero-order chi connectivity index (χ0) is 18.4. The van der Waals surface area contributed by atoms with Gasteiger partial charge in [0.15, 0.2) is 0 Å². The van der Waals surface area contributed by atoms with E-state index in [-0.39, 0.29) is 17.9 Å². The van der Waals surface area contributed by atoms with Crippen LogP contribution in [0.3, 0.4) is 0 Å². The first-order valence-electron chi connectivity index (χ1n) is 10.6. The van der Waals surface area contributed by atoms with E-state index in [4.69, 9.17) is 0 Å². The fourth-order valence-corrected chi connectivity index (χ4v) is 5.71. The van der Waals surface area contributed by atoms with Crippen LogP contribution in [0.2, 0.25) is 0 Å². The monoisotopic (exact) mass is 367 g/mol. The lowest BCUT2D eigenvalue weighted by molar-refractivity contribution is -0.137. The number of hydrogen-bond acceptors (Lipinski definition) is 4. The minimum atomic E-state index is -0.172. The van der Waals surface area contributed by atoms with Crippen molar-refractivity contribution in [3.63, 3.8) is 0 Å². The van der Waals surface area contributed by atoms with E-state index in [9.17, 15) is 9.59 Å². The number of nitrogens with one attached hydrogen (secondary N) is 2. The summed E-state index contributed by atoms with van der Waals surface area (Å²) in [4.78, 5) is 25.8. The molecule has 144 valence electrons. The van der Waals surface area contributed by atoms with Crippen molar-refractivity contribution in [2.75, 3.05) is 0 Å². The number of benzene rings is 1. The molecule has 1 saturated heterocycles. The van der Waals surface area contributed by atoms with Gasteiger partial charge in [-0.25, -0.2) is 0 Å². The summed E-state index contributed by atoms with van der Waals surface area (Å²) in [7, 11) is 0. The van der Waals surface area contributed by atoms with Crippen LogP contribution in [0.15, 0.2) is 18.2 Å². The first-order valence-corrected chi connectivity index (χ1v) is 10.6.